The molecule has 1 aromatic rings. The fraction of sp³-hybridized carbons (Fsp3) is 0.417. The van der Waals surface area contributed by atoms with Crippen LogP contribution in [0.2, 0.25) is 5.02 Å². The highest BCUT2D eigenvalue weighted by Gasteiger charge is 2.23. The van der Waals surface area contributed by atoms with E-state index in [2.05, 4.69) is 0 Å². The Balaban J connectivity index is 2.41. The zero-order chi connectivity index (χ0) is 13.1. The van der Waals surface area contributed by atoms with E-state index in [1.165, 1.54) is 0 Å². The number of carbonyl (C=O) groups is 1. The van der Waals surface area contributed by atoms with Crippen molar-refractivity contribution in [2.75, 3.05) is 13.2 Å². The van der Waals surface area contributed by atoms with Crippen LogP contribution in [-0.2, 0) is 4.79 Å². The van der Waals surface area contributed by atoms with Crippen molar-refractivity contribution >= 4 is 17.6 Å². The van der Waals surface area contributed by atoms with E-state index < -0.39 is 12.0 Å². The van der Waals surface area contributed by atoms with Gasteiger partial charge in [-0.05, 0) is 12.1 Å². The molecule has 0 saturated heterocycles. The summed E-state index contributed by atoms with van der Waals surface area (Å²) in [5, 5.41) is 9.20. The van der Waals surface area contributed by atoms with Gasteiger partial charge in [0, 0.05) is 23.0 Å². The molecule has 1 aromatic carbocycles. The highest BCUT2D eigenvalue weighted by molar-refractivity contribution is 6.31. The van der Waals surface area contributed by atoms with Crippen LogP contribution < -0.4 is 15.2 Å². The molecule has 1 unspecified atom stereocenters. The molecule has 98 valence electrons. The lowest BCUT2D eigenvalue weighted by Gasteiger charge is -2.18. The summed E-state index contributed by atoms with van der Waals surface area (Å²) in [7, 11) is 0. The molecule has 0 aliphatic carbocycles. The summed E-state index contributed by atoms with van der Waals surface area (Å²) in [6.45, 7) is 1.06. The summed E-state index contributed by atoms with van der Waals surface area (Å²) >= 11 is 6.08. The van der Waals surface area contributed by atoms with Gasteiger partial charge in [0.05, 0.1) is 19.6 Å². The first-order valence-electron chi connectivity index (χ1n) is 5.65. The number of ether oxygens (including phenoxy) is 2. The number of rotatable bonds is 3. The molecule has 1 aliphatic heterocycles. The van der Waals surface area contributed by atoms with Gasteiger partial charge in [0.2, 0.25) is 0 Å². The Kier molecular flexibility index (Phi) is 3.93. The van der Waals surface area contributed by atoms with E-state index in [-0.39, 0.29) is 6.42 Å². The Morgan fingerprint density at radius 2 is 2.17 bits per heavy atom. The number of nitrogens with two attached hydrogens (primary N) is 1. The van der Waals surface area contributed by atoms with Gasteiger partial charge in [-0.15, -0.1) is 0 Å². The molecule has 18 heavy (non-hydrogen) atoms. The van der Waals surface area contributed by atoms with Crippen LogP contribution in [0.25, 0.3) is 0 Å². The maximum Gasteiger partial charge on any atom is 0.305 e. The van der Waals surface area contributed by atoms with Crippen molar-refractivity contribution in [2.24, 2.45) is 5.73 Å². The smallest absolute Gasteiger partial charge is 0.305 e. The van der Waals surface area contributed by atoms with Gasteiger partial charge in [-0.2, -0.15) is 0 Å². The SMILES string of the molecule is NC(CC(=O)O)c1c(Cl)ccc2c1OCCCO2. The highest BCUT2D eigenvalue weighted by atomic mass is 35.5. The van der Waals surface area contributed by atoms with Crippen LogP contribution in [0.5, 0.6) is 11.5 Å². The number of carboxylic acid groups (broad SMARTS) is 1. The molecule has 1 atom stereocenters. The first-order valence-corrected chi connectivity index (χ1v) is 6.02. The van der Waals surface area contributed by atoms with Crippen LogP contribution in [0.15, 0.2) is 12.1 Å². The van der Waals surface area contributed by atoms with Gasteiger partial charge in [0.15, 0.2) is 11.5 Å². The number of hydrogen-bond acceptors (Lipinski definition) is 4. The molecule has 0 fully saturated rings. The average molecular weight is 272 g/mol. The van der Waals surface area contributed by atoms with E-state index in [9.17, 15) is 4.79 Å². The molecular formula is C12H14ClNO4. The summed E-state index contributed by atoms with van der Waals surface area (Å²) in [6, 6.07) is 2.64. The van der Waals surface area contributed by atoms with E-state index in [4.69, 9.17) is 31.9 Å². The quantitative estimate of drug-likeness (QED) is 0.878. The minimum absolute atomic E-state index is 0.209. The lowest BCUT2D eigenvalue weighted by Crippen LogP contribution is -2.17. The Morgan fingerprint density at radius 3 is 2.89 bits per heavy atom. The van der Waals surface area contributed by atoms with Crippen LogP contribution in [0.3, 0.4) is 0 Å². The number of benzene rings is 1. The molecule has 2 rings (SSSR count). The summed E-state index contributed by atoms with van der Waals surface area (Å²) in [6.07, 6.45) is 0.555. The summed E-state index contributed by atoms with van der Waals surface area (Å²) in [5.41, 5.74) is 6.37. The molecule has 6 heteroatoms. The van der Waals surface area contributed by atoms with Gasteiger partial charge in [-0.3, -0.25) is 4.79 Å². The van der Waals surface area contributed by atoms with Crippen LogP contribution >= 0.6 is 11.6 Å². The molecule has 0 amide bonds. The van der Waals surface area contributed by atoms with E-state index in [0.29, 0.717) is 35.3 Å². The molecule has 1 aliphatic rings. The van der Waals surface area contributed by atoms with E-state index in [1.807, 2.05) is 0 Å². The van der Waals surface area contributed by atoms with Crippen molar-refractivity contribution in [1.82, 2.24) is 0 Å². The van der Waals surface area contributed by atoms with Gasteiger partial charge in [-0.25, -0.2) is 0 Å². The van der Waals surface area contributed by atoms with Crippen LogP contribution in [-0.4, -0.2) is 24.3 Å². The third-order valence-corrected chi connectivity index (χ3v) is 2.99. The van der Waals surface area contributed by atoms with Crippen molar-refractivity contribution in [2.45, 2.75) is 18.9 Å². The maximum atomic E-state index is 10.7. The second kappa shape index (κ2) is 5.46. The van der Waals surface area contributed by atoms with Gasteiger partial charge >= 0.3 is 5.97 Å². The zero-order valence-corrected chi connectivity index (χ0v) is 10.4. The van der Waals surface area contributed by atoms with Crippen molar-refractivity contribution in [3.8, 4) is 11.5 Å². The fourth-order valence-corrected chi connectivity index (χ4v) is 2.16. The third kappa shape index (κ3) is 2.68. The first-order chi connectivity index (χ1) is 8.59. The molecule has 0 spiro atoms. The molecule has 0 radical (unpaired) electrons. The van der Waals surface area contributed by atoms with E-state index >= 15 is 0 Å². The lowest BCUT2D eigenvalue weighted by molar-refractivity contribution is -0.137. The number of hydrogen-bond donors (Lipinski definition) is 2. The van der Waals surface area contributed by atoms with Gasteiger partial charge in [-0.1, -0.05) is 11.6 Å². The minimum Gasteiger partial charge on any atom is -0.490 e. The van der Waals surface area contributed by atoms with Crippen molar-refractivity contribution in [3.63, 3.8) is 0 Å². The largest absolute Gasteiger partial charge is 0.490 e. The standard InChI is InChI=1S/C12H14ClNO4/c13-7-2-3-9-12(18-5-1-4-17-9)11(7)8(14)6-10(15)16/h2-3,8H,1,4-6,14H2,(H,15,16). The number of aliphatic carboxylic acids is 1. The van der Waals surface area contributed by atoms with Gasteiger partial charge in [0.1, 0.15) is 0 Å². The Morgan fingerprint density at radius 1 is 1.44 bits per heavy atom. The lowest BCUT2D eigenvalue weighted by atomic mass is 10.0. The zero-order valence-electron chi connectivity index (χ0n) is 9.69. The topological polar surface area (TPSA) is 81.8 Å². The highest BCUT2D eigenvalue weighted by Crippen LogP contribution is 2.41. The average Bonchev–Trinajstić information content (AvgIpc) is 2.52. The maximum absolute atomic E-state index is 10.7. The van der Waals surface area contributed by atoms with Crippen molar-refractivity contribution in [1.29, 1.82) is 0 Å². The molecule has 1 heterocycles. The Bertz CT molecular complexity index is 464. The Hall–Kier alpha value is -1.46. The van der Waals surface area contributed by atoms with Crippen LogP contribution in [0, 0.1) is 0 Å². The molecule has 0 bridgehead atoms. The second-order valence-electron chi connectivity index (χ2n) is 4.04. The van der Waals surface area contributed by atoms with Crippen LogP contribution in [0.4, 0.5) is 0 Å². The van der Waals surface area contributed by atoms with Gasteiger partial charge < -0.3 is 20.3 Å². The predicted molar refractivity (Wildman–Crippen MR) is 66.2 cm³/mol. The summed E-state index contributed by atoms with van der Waals surface area (Å²) < 4.78 is 11.1. The molecule has 5 nitrogen and oxygen atoms in total. The number of halogens is 1. The third-order valence-electron chi connectivity index (χ3n) is 2.66. The van der Waals surface area contributed by atoms with E-state index in [0.717, 1.165) is 6.42 Å². The predicted octanol–water partition coefficient (Wildman–Crippen LogP) is 1.98. The molecule has 0 saturated carbocycles. The first kappa shape index (κ1) is 13.0. The monoisotopic (exact) mass is 271 g/mol. The normalized spacial score (nSPS) is 15.9. The minimum atomic E-state index is -0.981. The molecule has 0 aromatic heterocycles. The van der Waals surface area contributed by atoms with Gasteiger partial charge in [0.25, 0.3) is 0 Å². The van der Waals surface area contributed by atoms with Crippen molar-refractivity contribution in [3.05, 3.63) is 22.7 Å². The van der Waals surface area contributed by atoms with Crippen LogP contribution in [0.1, 0.15) is 24.4 Å². The summed E-state index contributed by atoms with van der Waals surface area (Å²) in [5.74, 6) is 0.0483. The van der Waals surface area contributed by atoms with Crippen molar-refractivity contribution < 1.29 is 19.4 Å². The molecule has 3 N–H and O–H groups in total. The van der Waals surface area contributed by atoms with E-state index in [1.54, 1.807) is 12.1 Å². The summed E-state index contributed by atoms with van der Waals surface area (Å²) in [4.78, 5) is 10.7. The number of fused-ring (bicyclic) bond motifs is 1. The number of carboxylic acids is 1. The fourth-order valence-electron chi connectivity index (χ4n) is 1.87. The molecular weight excluding hydrogens is 258 g/mol. The Labute approximate surface area is 109 Å². The second-order valence-corrected chi connectivity index (χ2v) is 4.45.